The molecule has 27 rings (SSSR count). The van der Waals surface area contributed by atoms with Crippen LogP contribution < -0.4 is 25.8 Å². The average molecular weight is 1630 g/mol. The number of nitrogens with one attached hydrogen (secondary N) is 3. The Labute approximate surface area is 731 Å². The van der Waals surface area contributed by atoms with Crippen LogP contribution in [0.15, 0.2) is 426 Å². The molecule has 5 aromatic heterocycles. The molecule has 15 nitrogen and oxygen atoms in total. The maximum absolute atomic E-state index is 5.03. The lowest BCUT2D eigenvalue weighted by molar-refractivity contribution is 1.14. The quantitative estimate of drug-likeness (QED) is 0.138. The molecule has 15 heteroatoms. The third-order valence-electron chi connectivity index (χ3n) is 23.9. The normalized spacial score (nSPS) is 11.9. The standard InChI is InChI=1S/2C26H17N3.3C20H13N3/c1-3-10-18(11-4-1)26-27-21-15-9-17-23-24(21)25(28-26)20-14-7-8-16-22(20)29(23)19-12-5-2-6-13-19;1-3-9-18(10-4-1)19-15-22-21-13-7-8-14-24(21)29(20-11-5-2-6-12-20)26-25(22)23(16-19)27-17-28-26;1-2-6-13(7-3-1)14-10-16-15-8-4-5-9-17(15)23-20-19(16)18(11-14)21-12-22-20;1-2-5-13(6-3-1)15-9-14-7-4-8-18-19(14)16(10-15)17-11-21-12-22-20(17)23-18;1-2-5-13(6-3-1)15-9-14-7-4-8-17-19(14)16(10-15)20-18(23-17)11-21-12-22-20/h2*1-17H;2*1-12H,(H,21,22,23);1-12,23H. The summed E-state index contributed by atoms with van der Waals surface area (Å²) >= 11 is 0. The SMILES string of the molecule is c1ccc(-c2cc3c4c(cccc4c2)Nc2cncnc2-3)cc1.c1ccc(-c2cc3c4c(cccc4c2)Nc2ncncc2-3)cc1.c1ccc(-c2cc3c4c(ncnc4c2)N(c2ccccc2)c2ccccc2-3)cc1.c1ccc(-c2cc3c4c(ncnc4c2)Nc2ccccc2-3)cc1.c1ccc(-c2nc3c4c(cccc4n2)N(c2ccccc2)c2ccccc2-3)cc1. The minimum absolute atomic E-state index is 0.758. The predicted octanol–water partition coefficient (Wildman–Crippen LogP) is 28.6. The zero-order chi connectivity index (χ0) is 84.1. The second-order valence-corrected chi connectivity index (χ2v) is 31.4. The third-order valence-corrected chi connectivity index (χ3v) is 23.9. The first-order valence-corrected chi connectivity index (χ1v) is 42.2. The first-order chi connectivity index (χ1) is 63.0. The summed E-state index contributed by atoms with van der Waals surface area (Å²) in [5.74, 6) is 3.43. The van der Waals surface area contributed by atoms with Crippen LogP contribution in [0, 0.1) is 0 Å². The monoisotopic (exact) mass is 1630 g/mol. The minimum atomic E-state index is 0.758. The number of fused-ring (bicyclic) bond motifs is 10. The molecule has 596 valence electrons. The Hall–Kier alpha value is -17.6. The van der Waals surface area contributed by atoms with Crippen molar-refractivity contribution in [2.24, 2.45) is 0 Å². The summed E-state index contributed by atoms with van der Waals surface area (Å²) in [7, 11) is 0. The zero-order valence-corrected chi connectivity index (χ0v) is 68.3. The first kappa shape index (κ1) is 74.5. The van der Waals surface area contributed by atoms with E-state index in [0.717, 1.165) is 141 Å². The van der Waals surface area contributed by atoms with E-state index in [0.29, 0.717) is 0 Å². The number of aromatic nitrogens is 10. The van der Waals surface area contributed by atoms with E-state index in [2.05, 4.69) is 388 Å². The van der Waals surface area contributed by atoms with Crippen LogP contribution in [-0.2, 0) is 0 Å². The highest BCUT2D eigenvalue weighted by atomic mass is 15.2. The van der Waals surface area contributed by atoms with E-state index in [1.807, 2.05) is 73.1 Å². The number of para-hydroxylation sites is 5. The molecule has 17 aromatic carbocycles. The van der Waals surface area contributed by atoms with Crippen LogP contribution in [0.3, 0.4) is 0 Å². The Morgan fingerprint density at radius 3 is 1.28 bits per heavy atom. The van der Waals surface area contributed by atoms with E-state index in [9.17, 15) is 0 Å². The Morgan fingerprint density at radius 1 is 0.213 bits per heavy atom. The minimum Gasteiger partial charge on any atom is -0.352 e. The van der Waals surface area contributed by atoms with Gasteiger partial charge in [-0.25, -0.2) is 49.8 Å². The third kappa shape index (κ3) is 13.7. The van der Waals surface area contributed by atoms with Crippen LogP contribution in [0.2, 0.25) is 0 Å². The summed E-state index contributed by atoms with van der Waals surface area (Å²) in [4.78, 5) is 50.0. The van der Waals surface area contributed by atoms with Gasteiger partial charge in [-0.1, -0.05) is 273 Å². The molecule has 0 unspecified atom stereocenters. The van der Waals surface area contributed by atoms with E-state index in [1.165, 1.54) is 93.9 Å². The van der Waals surface area contributed by atoms with Crippen molar-refractivity contribution in [1.82, 2.24) is 49.8 Å². The summed E-state index contributed by atoms with van der Waals surface area (Å²) in [6, 6.07) is 135. The highest BCUT2D eigenvalue weighted by Crippen LogP contribution is 2.54. The summed E-state index contributed by atoms with van der Waals surface area (Å²) in [5.41, 5.74) is 34.6. The molecule has 0 aliphatic carbocycles. The largest absolute Gasteiger partial charge is 0.352 e. The predicted molar refractivity (Wildman–Crippen MR) is 518 cm³/mol. The second-order valence-electron chi connectivity index (χ2n) is 31.4. The van der Waals surface area contributed by atoms with Gasteiger partial charge in [-0.05, 0) is 187 Å². The summed E-state index contributed by atoms with van der Waals surface area (Å²) in [6.45, 7) is 0. The smallest absolute Gasteiger partial charge is 0.160 e. The molecule has 22 aromatic rings. The highest BCUT2D eigenvalue weighted by molar-refractivity contribution is 6.17. The molecule has 5 aliphatic heterocycles. The number of hydrogen-bond donors (Lipinski definition) is 3. The van der Waals surface area contributed by atoms with E-state index in [4.69, 9.17) is 15.0 Å². The first-order valence-electron chi connectivity index (χ1n) is 42.2. The zero-order valence-electron chi connectivity index (χ0n) is 68.3. The number of anilines is 12. The van der Waals surface area contributed by atoms with E-state index in [-0.39, 0.29) is 0 Å². The van der Waals surface area contributed by atoms with Crippen molar-refractivity contribution in [3.8, 4) is 112 Å². The average Bonchev–Trinajstić information content (AvgIpc) is 0.716. The molecule has 0 bridgehead atoms. The lowest BCUT2D eigenvalue weighted by Gasteiger charge is -2.32. The molecule has 0 saturated carbocycles. The van der Waals surface area contributed by atoms with Gasteiger partial charge in [-0.15, -0.1) is 0 Å². The molecule has 127 heavy (non-hydrogen) atoms. The van der Waals surface area contributed by atoms with Crippen LogP contribution in [0.4, 0.5) is 68.6 Å². The molecule has 10 heterocycles. The van der Waals surface area contributed by atoms with Crippen molar-refractivity contribution < 1.29 is 0 Å². The molecule has 0 saturated heterocycles. The maximum atomic E-state index is 5.03. The van der Waals surface area contributed by atoms with E-state index < -0.39 is 0 Å². The molecule has 3 N–H and O–H groups in total. The van der Waals surface area contributed by atoms with Crippen molar-refractivity contribution in [3.05, 3.63) is 426 Å². The van der Waals surface area contributed by atoms with Crippen LogP contribution >= 0.6 is 0 Å². The second kappa shape index (κ2) is 32.1. The van der Waals surface area contributed by atoms with Crippen molar-refractivity contribution in [2.75, 3.05) is 25.8 Å². The van der Waals surface area contributed by atoms with E-state index in [1.54, 1.807) is 25.3 Å². The Bertz CT molecular complexity index is 7370. The summed E-state index contributed by atoms with van der Waals surface area (Å²) < 4.78 is 0. The lowest BCUT2D eigenvalue weighted by Crippen LogP contribution is -2.16. The van der Waals surface area contributed by atoms with Crippen molar-refractivity contribution in [2.45, 2.75) is 0 Å². The van der Waals surface area contributed by atoms with Gasteiger partial charge >= 0.3 is 0 Å². The Kier molecular flexibility index (Phi) is 18.8. The molecule has 0 spiro atoms. The fourth-order valence-electron chi connectivity index (χ4n) is 18.2. The van der Waals surface area contributed by atoms with Gasteiger partial charge in [0.25, 0.3) is 0 Å². The molecule has 0 radical (unpaired) electrons. The molecule has 0 amide bonds. The van der Waals surface area contributed by atoms with Gasteiger partial charge in [0.05, 0.1) is 73.0 Å². The fraction of sp³-hybridized carbons (Fsp3) is 0. The van der Waals surface area contributed by atoms with Crippen LogP contribution in [-0.4, -0.2) is 49.8 Å². The summed E-state index contributed by atoms with van der Waals surface area (Å²) in [5, 5.41) is 18.4. The molecule has 0 atom stereocenters. The van der Waals surface area contributed by atoms with Gasteiger partial charge in [0.2, 0.25) is 0 Å². The topological polar surface area (TPSA) is 171 Å². The van der Waals surface area contributed by atoms with E-state index >= 15 is 0 Å². The van der Waals surface area contributed by atoms with Crippen LogP contribution in [0.5, 0.6) is 0 Å². The molecular formula is C112H73N15. The van der Waals surface area contributed by atoms with Crippen molar-refractivity contribution >= 4 is 123 Å². The number of rotatable bonds is 7. The van der Waals surface area contributed by atoms with Crippen LogP contribution in [0.25, 0.3) is 166 Å². The summed E-state index contributed by atoms with van der Waals surface area (Å²) in [6.07, 6.45) is 10.2. The van der Waals surface area contributed by atoms with Gasteiger partial charge in [0.15, 0.2) is 5.82 Å². The lowest BCUT2D eigenvalue weighted by atomic mass is 9.91. The van der Waals surface area contributed by atoms with Crippen LogP contribution in [0.1, 0.15) is 0 Å². The molecule has 0 fully saturated rings. The van der Waals surface area contributed by atoms with Gasteiger partial charge in [-0.3, -0.25) is 4.90 Å². The highest BCUT2D eigenvalue weighted by Gasteiger charge is 2.32. The fourth-order valence-corrected chi connectivity index (χ4v) is 18.2. The van der Waals surface area contributed by atoms with Gasteiger partial charge in [0.1, 0.15) is 42.8 Å². The number of nitrogens with zero attached hydrogens (tertiary/aromatic N) is 12. The molecular weight excluding hydrogens is 1560 g/mol. The van der Waals surface area contributed by atoms with Crippen molar-refractivity contribution in [3.63, 3.8) is 0 Å². The Balaban J connectivity index is 0.0000000914. The number of hydrogen-bond acceptors (Lipinski definition) is 15. The number of benzene rings is 17. The van der Waals surface area contributed by atoms with Gasteiger partial charge in [0, 0.05) is 78.8 Å². The maximum Gasteiger partial charge on any atom is 0.160 e. The Morgan fingerprint density at radius 2 is 0.654 bits per heavy atom. The van der Waals surface area contributed by atoms with Gasteiger partial charge in [-0.2, -0.15) is 0 Å². The van der Waals surface area contributed by atoms with Crippen molar-refractivity contribution in [1.29, 1.82) is 0 Å². The molecule has 5 aliphatic rings. The van der Waals surface area contributed by atoms with Gasteiger partial charge < -0.3 is 20.9 Å².